The molecule has 1 saturated carbocycles. The normalized spacial score (nSPS) is 16.3. The SMILES string of the molecule is CCc1nnc(N(C)C2CCCCCC2)c(C#N)c1CC. The maximum Gasteiger partial charge on any atom is 0.169 e. The minimum Gasteiger partial charge on any atom is -0.354 e. The number of aryl methyl sites for hydroxylation is 1. The molecular weight excluding hydrogens is 260 g/mol. The minimum absolute atomic E-state index is 0.492. The van der Waals surface area contributed by atoms with Crippen LogP contribution in [-0.4, -0.2) is 23.3 Å². The van der Waals surface area contributed by atoms with Crippen molar-refractivity contribution < 1.29 is 0 Å². The zero-order valence-corrected chi connectivity index (χ0v) is 13.5. The van der Waals surface area contributed by atoms with Crippen molar-refractivity contribution in [3.05, 3.63) is 16.8 Å². The molecule has 114 valence electrons. The van der Waals surface area contributed by atoms with E-state index in [1.165, 1.54) is 38.5 Å². The average molecular weight is 286 g/mol. The zero-order chi connectivity index (χ0) is 15.2. The molecule has 0 bridgehead atoms. The first-order valence-corrected chi connectivity index (χ1v) is 8.24. The lowest BCUT2D eigenvalue weighted by atomic mass is 10.0. The molecule has 2 rings (SSSR count). The van der Waals surface area contributed by atoms with Gasteiger partial charge in [0.15, 0.2) is 5.82 Å². The van der Waals surface area contributed by atoms with E-state index >= 15 is 0 Å². The summed E-state index contributed by atoms with van der Waals surface area (Å²) in [5.74, 6) is 0.776. The van der Waals surface area contributed by atoms with Crippen LogP contribution in [0.5, 0.6) is 0 Å². The van der Waals surface area contributed by atoms with Gasteiger partial charge in [0.05, 0.1) is 5.69 Å². The van der Waals surface area contributed by atoms with Gasteiger partial charge in [-0.1, -0.05) is 39.5 Å². The van der Waals surface area contributed by atoms with E-state index in [9.17, 15) is 5.26 Å². The molecule has 1 aliphatic rings. The first kappa shape index (κ1) is 15.8. The van der Waals surface area contributed by atoms with Gasteiger partial charge in [-0.2, -0.15) is 10.4 Å². The molecule has 1 aliphatic carbocycles. The van der Waals surface area contributed by atoms with E-state index in [0.29, 0.717) is 6.04 Å². The van der Waals surface area contributed by atoms with Crippen LogP contribution >= 0.6 is 0 Å². The molecule has 1 heterocycles. The van der Waals surface area contributed by atoms with Crippen LogP contribution in [0.2, 0.25) is 0 Å². The summed E-state index contributed by atoms with van der Waals surface area (Å²) in [7, 11) is 2.08. The molecule has 4 nitrogen and oxygen atoms in total. The fourth-order valence-electron chi connectivity index (χ4n) is 3.34. The maximum absolute atomic E-state index is 9.61. The van der Waals surface area contributed by atoms with E-state index in [1.807, 2.05) is 0 Å². The topological polar surface area (TPSA) is 52.8 Å². The fourth-order valence-corrected chi connectivity index (χ4v) is 3.34. The molecule has 4 heteroatoms. The van der Waals surface area contributed by atoms with Crippen LogP contribution in [0.15, 0.2) is 0 Å². The summed E-state index contributed by atoms with van der Waals surface area (Å²) in [4.78, 5) is 2.20. The molecule has 0 N–H and O–H groups in total. The van der Waals surface area contributed by atoms with Gasteiger partial charge < -0.3 is 4.90 Å². The lowest BCUT2D eigenvalue weighted by Gasteiger charge is -2.29. The summed E-state index contributed by atoms with van der Waals surface area (Å²) in [5.41, 5.74) is 2.77. The molecule has 21 heavy (non-hydrogen) atoms. The highest BCUT2D eigenvalue weighted by atomic mass is 15.3. The molecule has 0 amide bonds. The van der Waals surface area contributed by atoms with Crippen LogP contribution in [0.1, 0.15) is 69.2 Å². The Morgan fingerprint density at radius 3 is 2.29 bits per heavy atom. The standard InChI is InChI=1S/C17H26N4/c1-4-14-15(12-18)17(20-19-16(14)5-2)21(3)13-10-8-6-7-9-11-13/h13H,4-11H2,1-3H3. The fraction of sp³-hybridized carbons (Fsp3) is 0.706. The largest absolute Gasteiger partial charge is 0.354 e. The first-order chi connectivity index (χ1) is 10.2. The lowest BCUT2D eigenvalue weighted by Crippen LogP contribution is -2.33. The molecular formula is C17H26N4. The highest BCUT2D eigenvalue weighted by Gasteiger charge is 2.23. The summed E-state index contributed by atoms with van der Waals surface area (Å²) < 4.78 is 0. The van der Waals surface area contributed by atoms with Crippen molar-refractivity contribution in [1.82, 2.24) is 10.2 Å². The minimum atomic E-state index is 0.492. The van der Waals surface area contributed by atoms with Crippen molar-refractivity contribution in [3.8, 4) is 6.07 Å². The second-order valence-corrected chi connectivity index (χ2v) is 5.90. The Kier molecular flexibility index (Phi) is 5.55. The van der Waals surface area contributed by atoms with Gasteiger partial charge in [-0.05, 0) is 31.2 Å². The Morgan fingerprint density at radius 1 is 1.10 bits per heavy atom. The highest BCUT2D eigenvalue weighted by molar-refractivity contribution is 5.58. The van der Waals surface area contributed by atoms with Crippen molar-refractivity contribution in [3.63, 3.8) is 0 Å². The number of nitriles is 1. The third-order valence-electron chi connectivity index (χ3n) is 4.65. The molecule has 0 spiro atoms. The second kappa shape index (κ2) is 7.40. The summed E-state index contributed by atoms with van der Waals surface area (Å²) in [5, 5.41) is 18.4. The Bertz CT molecular complexity index is 510. The van der Waals surface area contributed by atoms with E-state index in [1.54, 1.807) is 0 Å². The van der Waals surface area contributed by atoms with Gasteiger partial charge in [-0.3, -0.25) is 0 Å². The zero-order valence-electron chi connectivity index (χ0n) is 13.5. The Morgan fingerprint density at radius 2 is 1.76 bits per heavy atom. The van der Waals surface area contributed by atoms with Crippen molar-refractivity contribution in [2.45, 2.75) is 71.3 Å². The van der Waals surface area contributed by atoms with Gasteiger partial charge in [-0.25, -0.2) is 0 Å². The molecule has 1 aromatic rings. The lowest BCUT2D eigenvalue weighted by molar-refractivity contribution is 0.546. The number of aromatic nitrogens is 2. The van der Waals surface area contributed by atoms with Crippen molar-refractivity contribution >= 4 is 5.82 Å². The average Bonchev–Trinajstić information content (AvgIpc) is 2.81. The van der Waals surface area contributed by atoms with E-state index in [4.69, 9.17) is 0 Å². The monoisotopic (exact) mass is 286 g/mol. The first-order valence-electron chi connectivity index (χ1n) is 8.24. The van der Waals surface area contributed by atoms with E-state index in [-0.39, 0.29) is 0 Å². The second-order valence-electron chi connectivity index (χ2n) is 5.90. The number of nitrogens with zero attached hydrogens (tertiary/aromatic N) is 4. The smallest absolute Gasteiger partial charge is 0.169 e. The molecule has 0 aliphatic heterocycles. The Balaban J connectivity index is 2.36. The molecule has 1 fully saturated rings. The van der Waals surface area contributed by atoms with Gasteiger partial charge >= 0.3 is 0 Å². The summed E-state index contributed by atoms with van der Waals surface area (Å²) in [6, 6.07) is 2.87. The third-order valence-corrected chi connectivity index (χ3v) is 4.65. The van der Waals surface area contributed by atoms with E-state index in [2.05, 4.69) is 42.1 Å². The number of anilines is 1. The molecule has 0 unspecified atom stereocenters. The van der Waals surface area contributed by atoms with Crippen LogP contribution in [-0.2, 0) is 12.8 Å². The van der Waals surface area contributed by atoms with Crippen molar-refractivity contribution in [2.24, 2.45) is 0 Å². The highest BCUT2D eigenvalue weighted by Crippen LogP contribution is 2.28. The van der Waals surface area contributed by atoms with Gasteiger partial charge in [0, 0.05) is 13.1 Å². The van der Waals surface area contributed by atoms with Crippen molar-refractivity contribution in [2.75, 3.05) is 11.9 Å². The van der Waals surface area contributed by atoms with Crippen molar-refractivity contribution in [1.29, 1.82) is 5.26 Å². The van der Waals surface area contributed by atoms with Gasteiger partial charge in [-0.15, -0.1) is 5.10 Å². The van der Waals surface area contributed by atoms with Crippen LogP contribution in [0.4, 0.5) is 5.82 Å². The predicted molar refractivity (Wildman–Crippen MR) is 85.4 cm³/mol. The Labute approximate surface area is 128 Å². The molecule has 0 radical (unpaired) electrons. The maximum atomic E-state index is 9.61. The van der Waals surface area contributed by atoms with Gasteiger partial charge in [0.2, 0.25) is 0 Å². The van der Waals surface area contributed by atoms with Crippen LogP contribution in [0.3, 0.4) is 0 Å². The van der Waals surface area contributed by atoms with Gasteiger partial charge in [0.1, 0.15) is 11.6 Å². The molecule has 0 aromatic carbocycles. The van der Waals surface area contributed by atoms with Crippen LogP contribution in [0.25, 0.3) is 0 Å². The van der Waals surface area contributed by atoms with E-state index in [0.717, 1.165) is 35.5 Å². The summed E-state index contributed by atoms with van der Waals surface area (Å²) in [6.07, 6.45) is 9.27. The summed E-state index contributed by atoms with van der Waals surface area (Å²) >= 11 is 0. The Hall–Kier alpha value is -1.63. The predicted octanol–water partition coefficient (Wildman–Crippen LogP) is 3.63. The van der Waals surface area contributed by atoms with E-state index < -0.39 is 0 Å². The van der Waals surface area contributed by atoms with Gasteiger partial charge in [0.25, 0.3) is 0 Å². The third kappa shape index (κ3) is 3.34. The van der Waals surface area contributed by atoms with Crippen LogP contribution in [0, 0.1) is 11.3 Å². The number of hydrogen-bond donors (Lipinski definition) is 0. The number of rotatable bonds is 4. The molecule has 0 atom stereocenters. The number of hydrogen-bond acceptors (Lipinski definition) is 4. The molecule has 1 aromatic heterocycles. The molecule has 0 saturated heterocycles. The quantitative estimate of drug-likeness (QED) is 0.793. The summed E-state index contributed by atoms with van der Waals surface area (Å²) in [6.45, 7) is 4.16. The van der Waals surface area contributed by atoms with Crippen LogP contribution < -0.4 is 4.90 Å².